The van der Waals surface area contributed by atoms with Crippen molar-refractivity contribution in [2.45, 2.75) is 39.2 Å². The quantitative estimate of drug-likeness (QED) is 0.325. The Kier molecular flexibility index (Phi) is 8.86. The second-order valence-electron chi connectivity index (χ2n) is 11.7. The lowest BCUT2D eigenvalue weighted by Gasteiger charge is -2.42. The van der Waals surface area contributed by atoms with Crippen LogP contribution < -0.4 is 9.64 Å². The van der Waals surface area contributed by atoms with Crippen LogP contribution in [0.15, 0.2) is 83.9 Å². The highest BCUT2D eigenvalue weighted by Crippen LogP contribution is 2.38. The summed E-state index contributed by atoms with van der Waals surface area (Å²) in [6, 6.07) is 19.6. The van der Waals surface area contributed by atoms with E-state index in [4.69, 9.17) is 14.1 Å². The van der Waals surface area contributed by atoms with Gasteiger partial charge in [-0.15, -0.1) is 0 Å². The molecule has 2 aromatic carbocycles. The average Bonchev–Trinajstić information content (AvgIpc) is 3.60. The number of oxazole rings is 1. The zero-order valence-electron chi connectivity index (χ0n) is 25.1. The summed E-state index contributed by atoms with van der Waals surface area (Å²) in [6.45, 7) is 6.00. The lowest BCUT2D eigenvalue weighted by molar-refractivity contribution is 0.0360. The maximum absolute atomic E-state index is 14.2. The first-order chi connectivity index (χ1) is 21.5. The zero-order valence-corrected chi connectivity index (χ0v) is 25.1. The van der Waals surface area contributed by atoms with Gasteiger partial charge in [0.25, 0.3) is 11.8 Å². The highest BCUT2D eigenvalue weighted by molar-refractivity contribution is 5.97. The first-order valence-electron chi connectivity index (χ1n) is 15.3. The summed E-state index contributed by atoms with van der Waals surface area (Å²) in [4.78, 5) is 46.3. The number of nitrogens with zero attached hydrogens (tertiary/aromatic N) is 6. The fourth-order valence-corrected chi connectivity index (χ4v) is 6.20. The first kappa shape index (κ1) is 29.3. The molecule has 2 amide bonds. The molecule has 6 rings (SSSR count). The van der Waals surface area contributed by atoms with Gasteiger partial charge in [-0.2, -0.15) is 0 Å². The number of piperidine rings is 1. The third-order valence-electron chi connectivity index (χ3n) is 8.78. The van der Waals surface area contributed by atoms with Crippen molar-refractivity contribution < 1.29 is 18.7 Å². The van der Waals surface area contributed by atoms with E-state index in [1.807, 2.05) is 77.4 Å². The number of carbonyl (C=O) groups excluding carboxylic acids is 2. The molecule has 1 spiro atoms. The molecule has 4 aromatic rings. The summed E-state index contributed by atoms with van der Waals surface area (Å²) in [6.07, 6.45) is 7.89. The second kappa shape index (κ2) is 13.3. The largest absolute Gasteiger partial charge is 0.492 e. The summed E-state index contributed by atoms with van der Waals surface area (Å²) in [7, 11) is 0. The Labute approximate surface area is 257 Å². The predicted octanol–water partition coefficient (Wildman–Crippen LogP) is 5.02. The number of para-hydroxylation sites is 1. The van der Waals surface area contributed by atoms with E-state index in [0.29, 0.717) is 62.2 Å². The van der Waals surface area contributed by atoms with Crippen molar-refractivity contribution in [3.63, 3.8) is 0 Å². The van der Waals surface area contributed by atoms with Gasteiger partial charge in [0.2, 0.25) is 0 Å². The minimum absolute atomic E-state index is 0.0652. The van der Waals surface area contributed by atoms with Gasteiger partial charge >= 0.3 is 0 Å². The summed E-state index contributed by atoms with van der Waals surface area (Å²) >= 11 is 0. The van der Waals surface area contributed by atoms with Crippen molar-refractivity contribution >= 4 is 17.6 Å². The van der Waals surface area contributed by atoms with Gasteiger partial charge in [-0.25, -0.2) is 15.0 Å². The van der Waals surface area contributed by atoms with Crippen LogP contribution in [0.2, 0.25) is 0 Å². The maximum atomic E-state index is 14.2. The predicted molar refractivity (Wildman–Crippen MR) is 165 cm³/mol. The van der Waals surface area contributed by atoms with E-state index in [2.05, 4.69) is 14.9 Å². The van der Waals surface area contributed by atoms with Crippen LogP contribution >= 0.6 is 0 Å². The van der Waals surface area contributed by atoms with Crippen LogP contribution in [0.3, 0.4) is 0 Å². The van der Waals surface area contributed by atoms with E-state index in [0.717, 1.165) is 43.6 Å². The van der Waals surface area contributed by atoms with Crippen LogP contribution in [0.5, 0.6) is 5.75 Å². The smallest absolute Gasteiger partial charge is 0.275 e. The fraction of sp³-hybridized carbons (Fsp3) is 0.382. The van der Waals surface area contributed by atoms with Crippen LogP contribution in [-0.2, 0) is 6.54 Å². The molecule has 0 aliphatic carbocycles. The Morgan fingerprint density at radius 3 is 2.48 bits per heavy atom. The standard InChI is InChI=1S/C34H38N6O4/c1-26-35-16-12-31(37-26)38-17-7-13-34(14-18-39(19-15-34)33(42)29-23-43-25-36-29)24-44-30-11-6-5-10-28(30)32(41)40(21-20-38)22-27-8-3-2-4-9-27/h2-6,8-12,16,23,25H,7,13-15,17-22,24H2,1H3. The Morgan fingerprint density at radius 1 is 0.909 bits per heavy atom. The summed E-state index contributed by atoms with van der Waals surface area (Å²) in [5.41, 5.74) is 1.80. The van der Waals surface area contributed by atoms with Crippen LogP contribution in [0, 0.1) is 12.3 Å². The van der Waals surface area contributed by atoms with Gasteiger partial charge in [-0.05, 0) is 56.4 Å². The molecular formula is C34H38N6O4. The molecule has 0 atom stereocenters. The minimum Gasteiger partial charge on any atom is -0.492 e. The van der Waals surface area contributed by atoms with Crippen LogP contribution in [-0.4, -0.2) is 75.9 Å². The van der Waals surface area contributed by atoms with E-state index < -0.39 is 0 Å². The van der Waals surface area contributed by atoms with Gasteiger partial charge in [0.15, 0.2) is 12.1 Å². The molecular weight excluding hydrogens is 556 g/mol. The van der Waals surface area contributed by atoms with E-state index in [-0.39, 0.29) is 17.2 Å². The van der Waals surface area contributed by atoms with Gasteiger partial charge in [0.05, 0.1) is 12.2 Å². The van der Waals surface area contributed by atoms with Gasteiger partial charge in [0.1, 0.15) is 23.7 Å². The molecule has 2 aliphatic heterocycles. The van der Waals surface area contributed by atoms with Crippen molar-refractivity contribution in [3.05, 3.63) is 102 Å². The van der Waals surface area contributed by atoms with E-state index in [1.54, 1.807) is 6.20 Å². The number of hydrogen-bond acceptors (Lipinski definition) is 8. The number of benzene rings is 2. The first-order valence-corrected chi connectivity index (χ1v) is 15.3. The molecule has 44 heavy (non-hydrogen) atoms. The van der Waals surface area contributed by atoms with E-state index in [9.17, 15) is 9.59 Å². The molecule has 1 fully saturated rings. The summed E-state index contributed by atoms with van der Waals surface area (Å²) in [5.74, 6) is 1.99. The highest BCUT2D eigenvalue weighted by atomic mass is 16.5. The van der Waals surface area contributed by atoms with Crippen LogP contribution in [0.1, 0.15) is 57.9 Å². The zero-order chi connectivity index (χ0) is 30.4. The molecule has 0 bridgehead atoms. The van der Waals surface area contributed by atoms with E-state index >= 15 is 0 Å². The molecule has 2 aromatic heterocycles. The maximum Gasteiger partial charge on any atom is 0.275 e. The number of likely N-dealkylation sites (tertiary alicyclic amines) is 1. The number of rotatable bonds is 4. The number of aryl methyl sites for hydroxylation is 1. The van der Waals surface area contributed by atoms with Crippen molar-refractivity contribution in [3.8, 4) is 5.75 Å². The molecule has 0 unspecified atom stereocenters. The van der Waals surface area contributed by atoms with Crippen molar-refractivity contribution in [1.29, 1.82) is 0 Å². The number of anilines is 1. The molecule has 4 heterocycles. The van der Waals surface area contributed by atoms with Gasteiger partial charge < -0.3 is 23.9 Å². The second-order valence-corrected chi connectivity index (χ2v) is 11.7. The number of carbonyl (C=O) groups is 2. The van der Waals surface area contributed by atoms with Crippen molar-refractivity contribution in [2.24, 2.45) is 5.41 Å². The third kappa shape index (κ3) is 6.74. The third-order valence-corrected chi connectivity index (χ3v) is 8.78. The molecule has 10 heteroatoms. The number of fused-ring (bicyclic) bond motifs is 1. The number of aromatic nitrogens is 3. The molecule has 0 radical (unpaired) electrons. The average molecular weight is 595 g/mol. The Morgan fingerprint density at radius 2 is 1.70 bits per heavy atom. The summed E-state index contributed by atoms with van der Waals surface area (Å²) < 4.78 is 11.6. The van der Waals surface area contributed by atoms with Gasteiger partial charge in [-0.3, -0.25) is 9.59 Å². The normalized spacial score (nSPS) is 17.7. The van der Waals surface area contributed by atoms with Gasteiger partial charge in [-0.1, -0.05) is 42.5 Å². The van der Waals surface area contributed by atoms with Crippen molar-refractivity contribution in [2.75, 3.05) is 44.2 Å². The SMILES string of the molecule is Cc1nccc(N2CCCC3(CCN(C(=O)c4cocn4)CC3)COc3ccccc3C(=O)N(Cc3ccccc3)CC2)n1. The molecule has 10 nitrogen and oxygen atoms in total. The monoisotopic (exact) mass is 594 g/mol. The highest BCUT2D eigenvalue weighted by Gasteiger charge is 2.38. The number of ether oxygens (including phenoxy) is 1. The van der Waals surface area contributed by atoms with Crippen LogP contribution in [0.25, 0.3) is 0 Å². The van der Waals surface area contributed by atoms with Crippen LogP contribution in [0.4, 0.5) is 5.82 Å². The topological polar surface area (TPSA) is 105 Å². The van der Waals surface area contributed by atoms with Crippen molar-refractivity contribution in [1.82, 2.24) is 24.8 Å². The van der Waals surface area contributed by atoms with Gasteiger partial charge in [0, 0.05) is 50.9 Å². The number of hydrogen-bond donors (Lipinski definition) is 0. The Balaban J connectivity index is 1.29. The molecule has 1 saturated heterocycles. The Bertz CT molecular complexity index is 1550. The Hall–Kier alpha value is -4.73. The lowest BCUT2D eigenvalue weighted by atomic mass is 9.75. The summed E-state index contributed by atoms with van der Waals surface area (Å²) in [5, 5.41) is 0. The fourth-order valence-electron chi connectivity index (χ4n) is 6.20. The molecule has 0 N–H and O–H groups in total. The molecule has 0 saturated carbocycles. The minimum atomic E-state index is -0.151. The molecule has 228 valence electrons. The van der Waals surface area contributed by atoms with E-state index in [1.165, 1.54) is 12.7 Å². The number of amides is 2. The lowest BCUT2D eigenvalue weighted by Crippen LogP contribution is -2.46. The molecule has 2 aliphatic rings.